The first-order valence-electron chi connectivity index (χ1n) is 8.83. The first-order valence-corrected chi connectivity index (χ1v) is 10.7. The van der Waals surface area contributed by atoms with E-state index in [1.807, 2.05) is 6.92 Å². The molecule has 0 aliphatic rings. The number of sulfonamides is 1. The van der Waals surface area contributed by atoms with Gasteiger partial charge in [-0.1, -0.05) is 23.8 Å². The van der Waals surface area contributed by atoms with Crippen LogP contribution in [0.2, 0.25) is 0 Å². The summed E-state index contributed by atoms with van der Waals surface area (Å²) in [5.41, 5.74) is 1.45. The van der Waals surface area contributed by atoms with Crippen molar-refractivity contribution in [2.24, 2.45) is 0 Å². The number of rotatable bonds is 9. The zero-order chi connectivity index (χ0) is 20.7. The molecule has 1 atom stereocenters. The van der Waals surface area contributed by atoms with Crippen LogP contribution in [0, 0.1) is 6.92 Å². The summed E-state index contributed by atoms with van der Waals surface area (Å²) in [7, 11) is -2.06. The Morgan fingerprint density at radius 3 is 2.39 bits per heavy atom. The fraction of sp³-hybridized carbons (Fsp3) is 0.350. The highest BCUT2D eigenvalue weighted by molar-refractivity contribution is 7.92. The molecule has 0 fully saturated rings. The number of aryl methyl sites for hydroxylation is 1. The molecule has 0 bridgehead atoms. The number of nitrogens with zero attached hydrogens (tertiary/aromatic N) is 1. The van der Waals surface area contributed by atoms with Crippen molar-refractivity contribution in [3.8, 4) is 11.5 Å². The van der Waals surface area contributed by atoms with Crippen LogP contribution in [0.3, 0.4) is 0 Å². The number of carbonyl (C=O) groups excluding carboxylic acids is 1. The number of amides is 1. The van der Waals surface area contributed by atoms with E-state index in [0.717, 1.165) is 16.1 Å². The Labute approximate surface area is 166 Å². The second-order valence-corrected chi connectivity index (χ2v) is 8.25. The van der Waals surface area contributed by atoms with Crippen LogP contribution in [-0.2, 0) is 14.8 Å². The minimum absolute atomic E-state index is 0.242. The lowest BCUT2D eigenvalue weighted by atomic mass is 10.2. The maximum absolute atomic E-state index is 12.5. The number of nitrogens with one attached hydrogen (secondary N) is 1. The fourth-order valence-electron chi connectivity index (χ4n) is 2.68. The summed E-state index contributed by atoms with van der Waals surface area (Å²) in [5.74, 6) is 0.899. The molecule has 0 heterocycles. The third-order valence-corrected chi connectivity index (χ3v) is 5.33. The Morgan fingerprint density at radius 1 is 1.14 bits per heavy atom. The van der Waals surface area contributed by atoms with E-state index in [2.05, 4.69) is 5.32 Å². The average molecular weight is 407 g/mol. The molecular weight excluding hydrogens is 380 g/mol. The second kappa shape index (κ2) is 9.45. The predicted molar refractivity (Wildman–Crippen MR) is 109 cm³/mol. The molecule has 152 valence electrons. The minimum Gasteiger partial charge on any atom is -0.497 e. The molecule has 0 saturated carbocycles. The molecule has 28 heavy (non-hydrogen) atoms. The molecule has 8 heteroatoms. The first kappa shape index (κ1) is 21.6. The van der Waals surface area contributed by atoms with Gasteiger partial charge in [-0.15, -0.1) is 0 Å². The standard InChI is InChI=1S/C20H26N2O5S/c1-15-8-10-17(11-9-15)22(28(4,24)25)16(2)20(23)21-12-13-27-19-7-5-6-18(14-19)26-3/h5-11,14,16H,12-13H2,1-4H3,(H,21,23). The Kier molecular flexibility index (Phi) is 7.28. The van der Waals surface area contributed by atoms with E-state index in [9.17, 15) is 13.2 Å². The van der Waals surface area contributed by atoms with Gasteiger partial charge in [-0.2, -0.15) is 0 Å². The van der Waals surface area contributed by atoms with Gasteiger partial charge in [0.1, 0.15) is 24.1 Å². The van der Waals surface area contributed by atoms with Crippen LogP contribution in [-0.4, -0.2) is 46.9 Å². The van der Waals surface area contributed by atoms with Crippen molar-refractivity contribution in [2.45, 2.75) is 19.9 Å². The Balaban J connectivity index is 1.96. The number of carbonyl (C=O) groups is 1. The second-order valence-electron chi connectivity index (χ2n) is 6.39. The molecule has 0 radical (unpaired) electrons. The summed E-state index contributed by atoms with van der Waals surface area (Å²) in [4.78, 5) is 12.5. The van der Waals surface area contributed by atoms with Crippen molar-refractivity contribution in [1.29, 1.82) is 0 Å². The molecule has 1 N–H and O–H groups in total. The normalized spacial score (nSPS) is 12.1. The Bertz CT molecular complexity index is 897. The molecule has 1 amide bonds. The highest BCUT2D eigenvalue weighted by Gasteiger charge is 2.28. The van der Waals surface area contributed by atoms with Gasteiger partial charge in [0.2, 0.25) is 15.9 Å². The van der Waals surface area contributed by atoms with Gasteiger partial charge in [-0.25, -0.2) is 8.42 Å². The summed E-state index contributed by atoms with van der Waals surface area (Å²) in [6.07, 6.45) is 1.09. The quantitative estimate of drug-likeness (QED) is 0.646. The van der Waals surface area contributed by atoms with Crippen LogP contribution in [0.15, 0.2) is 48.5 Å². The SMILES string of the molecule is COc1cccc(OCCNC(=O)C(C)N(c2ccc(C)cc2)S(C)(=O)=O)c1. The third-order valence-electron chi connectivity index (χ3n) is 4.09. The minimum atomic E-state index is -3.63. The van der Waals surface area contributed by atoms with Crippen LogP contribution in [0.5, 0.6) is 11.5 Å². The Hall–Kier alpha value is -2.74. The number of hydrogen-bond acceptors (Lipinski definition) is 5. The van der Waals surface area contributed by atoms with Crippen molar-refractivity contribution < 1.29 is 22.7 Å². The van der Waals surface area contributed by atoms with Gasteiger partial charge in [0.15, 0.2) is 0 Å². The summed E-state index contributed by atoms with van der Waals surface area (Å²) in [6.45, 7) is 3.95. The largest absolute Gasteiger partial charge is 0.497 e. The van der Waals surface area contributed by atoms with E-state index >= 15 is 0 Å². The third kappa shape index (κ3) is 5.88. The van der Waals surface area contributed by atoms with Gasteiger partial charge < -0.3 is 14.8 Å². The van der Waals surface area contributed by atoms with E-state index in [0.29, 0.717) is 17.2 Å². The average Bonchev–Trinajstić information content (AvgIpc) is 2.65. The van der Waals surface area contributed by atoms with E-state index in [4.69, 9.17) is 9.47 Å². The number of methoxy groups -OCH3 is 1. The smallest absolute Gasteiger partial charge is 0.243 e. The van der Waals surface area contributed by atoms with Crippen LogP contribution in [0.4, 0.5) is 5.69 Å². The van der Waals surface area contributed by atoms with Crippen molar-refractivity contribution in [3.63, 3.8) is 0 Å². The highest BCUT2D eigenvalue weighted by Crippen LogP contribution is 2.21. The van der Waals surface area contributed by atoms with Gasteiger partial charge >= 0.3 is 0 Å². The molecule has 7 nitrogen and oxygen atoms in total. The van der Waals surface area contributed by atoms with E-state index in [1.165, 1.54) is 0 Å². The lowest BCUT2D eigenvalue weighted by Gasteiger charge is -2.28. The monoisotopic (exact) mass is 406 g/mol. The van der Waals surface area contributed by atoms with Gasteiger partial charge in [-0.05, 0) is 38.1 Å². The van der Waals surface area contributed by atoms with Gasteiger partial charge in [0.25, 0.3) is 0 Å². The number of ether oxygens (including phenoxy) is 2. The van der Waals surface area contributed by atoms with Crippen LogP contribution in [0.25, 0.3) is 0 Å². The van der Waals surface area contributed by atoms with E-state index in [-0.39, 0.29) is 13.2 Å². The van der Waals surface area contributed by atoms with Gasteiger partial charge in [0.05, 0.1) is 25.6 Å². The van der Waals surface area contributed by atoms with Crippen LogP contribution < -0.4 is 19.1 Å². The maximum Gasteiger partial charge on any atom is 0.243 e. The topological polar surface area (TPSA) is 84.9 Å². The van der Waals surface area contributed by atoms with Crippen LogP contribution >= 0.6 is 0 Å². The summed E-state index contributed by atoms with van der Waals surface area (Å²) >= 11 is 0. The molecule has 2 aromatic rings. The van der Waals surface area contributed by atoms with Crippen LogP contribution in [0.1, 0.15) is 12.5 Å². The zero-order valence-corrected chi connectivity index (χ0v) is 17.3. The molecular formula is C20H26N2O5S. The molecule has 0 aromatic heterocycles. The lowest BCUT2D eigenvalue weighted by Crippen LogP contribution is -2.48. The molecule has 0 aliphatic carbocycles. The Morgan fingerprint density at radius 2 is 1.79 bits per heavy atom. The maximum atomic E-state index is 12.5. The molecule has 0 spiro atoms. The van der Waals surface area contributed by atoms with E-state index < -0.39 is 22.0 Å². The molecule has 0 saturated heterocycles. The zero-order valence-electron chi connectivity index (χ0n) is 16.5. The highest BCUT2D eigenvalue weighted by atomic mass is 32.2. The molecule has 0 aliphatic heterocycles. The number of anilines is 1. The molecule has 2 aromatic carbocycles. The van der Waals surface area contributed by atoms with E-state index in [1.54, 1.807) is 62.6 Å². The van der Waals surface area contributed by atoms with Crippen molar-refractivity contribution in [2.75, 3.05) is 30.8 Å². The van der Waals surface area contributed by atoms with Gasteiger partial charge in [-0.3, -0.25) is 9.10 Å². The molecule has 2 rings (SSSR count). The lowest BCUT2D eigenvalue weighted by molar-refractivity contribution is -0.121. The van der Waals surface area contributed by atoms with Crippen molar-refractivity contribution >= 4 is 21.6 Å². The number of hydrogen-bond donors (Lipinski definition) is 1. The predicted octanol–water partition coefficient (Wildman–Crippen LogP) is 2.35. The first-order chi connectivity index (χ1) is 13.2. The van der Waals surface area contributed by atoms with Crippen molar-refractivity contribution in [1.82, 2.24) is 5.32 Å². The number of benzene rings is 2. The van der Waals surface area contributed by atoms with Gasteiger partial charge in [0, 0.05) is 6.07 Å². The summed E-state index contributed by atoms with van der Waals surface area (Å²) < 4.78 is 36.3. The van der Waals surface area contributed by atoms with Crippen molar-refractivity contribution in [3.05, 3.63) is 54.1 Å². The summed E-state index contributed by atoms with van der Waals surface area (Å²) in [6, 6.07) is 13.2. The fourth-order valence-corrected chi connectivity index (χ4v) is 3.86. The summed E-state index contributed by atoms with van der Waals surface area (Å²) in [5, 5.41) is 2.71. The molecule has 1 unspecified atom stereocenters.